The zero-order chi connectivity index (χ0) is 29.2. The third kappa shape index (κ3) is 8.14. The van der Waals surface area contributed by atoms with Crippen LogP contribution in [-0.2, 0) is 20.7 Å². The number of ether oxygens (including phenoxy) is 2. The number of alkyl carbamates (subject to hydrolysis) is 1. The minimum Gasteiger partial charge on any atom is -0.497 e. The fourth-order valence-corrected chi connectivity index (χ4v) is 4.03. The number of hydrogen-bond donors (Lipinski definition) is 5. The number of amides is 4. The summed E-state index contributed by atoms with van der Waals surface area (Å²) in [7, 11) is 1.52. The van der Waals surface area contributed by atoms with Crippen LogP contribution in [0.25, 0.3) is 0 Å². The van der Waals surface area contributed by atoms with Crippen LogP contribution < -0.4 is 26.4 Å². The molecule has 1 aliphatic rings. The van der Waals surface area contributed by atoms with E-state index in [0.717, 1.165) is 6.07 Å². The summed E-state index contributed by atoms with van der Waals surface area (Å²) in [5.41, 5.74) is 6.25. The van der Waals surface area contributed by atoms with Gasteiger partial charge in [-0.25, -0.2) is 9.18 Å². The van der Waals surface area contributed by atoms with Crippen LogP contribution in [0.15, 0.2) is 72.8 Å². The summed E-state index contributed by atoms with van der Waals surface area (Å²) in [6.07, 6.45) is -0.998. The van der Waals surface area contributed by atoms with E-state index in [1.54, 1.807) is 24.3 Å². The van der Waals surface area contributed by atoms with E-state index in [0.29, 0.717) is 11.3 Å². The van der Waals surface area contributed by atoms with Gasteiger partial charge in [-0.1, -0.05) is 30.4 Å². The average Bonchev–Trinajstić information content (AvgIpc) is 2.93. The van der Waals surface area contributed by atoms with Gasteiger partial charge >= 0.3 is 6.09 Å². The van der Waals surface area contributed by atoms with E-state index in [2.05, 4.69) is 22.5 Å². The van der Waals surface area contributed by atoms with E-state index >= 15 is 0 Å². The number of carbonyl (C=O) groups is 4. The van der Waals surface area contributed by atoms with Crippen molar-refractivity contribution in [3.63, 3.8) is 0 Å². The molecule has 0 bridgehead atoms. The Kier molecular flexibility index (Phi) is 10.4. The van der Waals surface area contributed by atoms with Crippen LogP contribution in [0.4, 0.5) is 9.18 Å². The third-order valence-corrected chi connectivity index (χ3v) is 6.12. The fraction of sp³-hybridized carbons (Fsp3) is 0.286. The zero-order valence-corrected chi connectivity index (χ0v) is 21.8. The highest BCUT2D eigenvalue weighted by Gasteiger charge is 2.38. The number of halogens is 1. The largest absolute Gasteiger partial charge is 0.497 e. The summed E-state index contributed by atoms with van der Waals surface area (Å²) in [4.78, 5) is 50.3. The number of hydrogen-bond acceptors (Lipinski definition) is 7. The van der Waals surface area contributed by atoms with E-state index < -0.39 is 53.9 Å². The van der Waals surface area contributed by atoms with Gasteiger partial charge in [0, 0.05) is 30.5 Å². The van der Waals surface area contributed by atoms with Crippen LogP contribution in [0.2, 0.25) is 0 Å². The van der Waals surface area contributed by atoms with Crippen molar-refractivity contribution < 1.29 is 38.1 Å². The molecule has 0 spiro atoms. The summed E-state index contributed by atoms with van der Waals surface area (Å²) in [5.74, 6) is -2.25. The van der Waals surface area contributed by atoms with Crippen molar-refractivity contribution in [2.24, 2.45) is 5.73 Å². The average molecular weight is 555 g/mol. The normalized spacial score (nSPS) is 18.9. The standard InChI is InChI=1S/C28H31FN4O7/c1-3-11-31-28(38)40-23-15-18(14-21(24(23)34)32-26(36)17-5-4-6-19(29)13-17)27(37)33-22(25(30)35)12-16-7-9-20(39-2)10-8-16/h3-10,13-14,21-24,34H,1,11-12,15H2,2H3,(H2,30,35)(H,31,38)(H,32,36)(H,33,37)/t21-,22+,23-,24-/m1/s1. The highest BCUT2D eigenvalue weighted by atomic mass is 19.1. The molecule has 40 heavy (non-hydrogen) atoms. The van der Waals surface area contributed by atoms with E-state index in [4.69, 9.17) is 15.2 Å². The molecule has 11 nitrogen and oxygen atoms in total. The van der Waals surface area contributed by atoms with Gasteiger partial charge in [0.05, 0.1) is 13.2 Å². The molecule has 212 valence electrons. The van der Waals surface area contributed by atoms with E-state index in [1.165, 1.54) is 37.5 Å². The van der Waals surface area contributed by atoms with E-state index in [9.17, 15) is 28.7 Å². The van der Waals surface area contributed by atoms with Crippen molar-refractivity contribution in [3.05, 3.63) is 89.8 Å². The highest BCUT2D eigenvalue weighted by Crippen LogP contribution is 2.24. The number of nitrogens with one attached hydrogen (secondary N) is 3. The maximum Gasteiger partial charge on any atom is 0.407 e. The van der Waals surface area contributed by atoms with Gasteiger partial charge in [0.25, 0.3) is 5.91 Å². The van der Waals surface area contributed by atoms with Crippen molar-refractivity contribution in [2.75, 3.05) is 13.7 Å². The smallest absolute Gasteiger partial charge is 0.407 e. The molecule has 2 aromatic rings. The lowest BCUT2D eigenvalue weighted by molar-refractivity contribution is -0.125. The van der Waals surface area contributed by atoms with Crippen LogP contribution in [0.1, 0.15) is 22.3 Å². The molecule has 0 aromatic heterocycles. The molecule has 0 radical (unpaired) electrons. The molecular formula is C28H31FN4O7. The van der Waals surface area contributed by atoms with Crippen LogP contribution >= 0.6 is 0 Å². The fourth-order valence-electron chi connectivity index (χ4n) is 4.03. The molecule has 2 aromatic carbocycles. The van der Waals surface area contributed by atoms with Gasteiger partial charge in [-0.3, -0.25) is 14.4 Å². The second-order valence-electron chi connectivity index (χ2n) is 8.99. The Hall–Kier alpha value is -4.71. The predicted octanol–water partition coefficient (Wildman–Crippen LogP) is 1.12. The molecule has 12 heteroatoms. The van der Waals surface area contributed by atoms with E-state index in [-0.39, 0.29) is 30.5 Å². The first kappa shape index (κ1) is 29.8. The first-order valence-corrected chi connectivity index (χ1v) is 12.3. The Morgan fingerprint density at radius 3 is 2.52 bits per heavy atom. The van der Waals surface area contributed by atoms with E-state index in [1.807, 2.05) is 0 Å². The quantitative estimate of drug-likeness (QED) is 0.259. The van der Waals surface area contributed by atoms with Crippen LogP contribution in [0.5, 0.6) is 5.75 Å². The molecule has 0 fully saturated rings. The Balaban J connectivity index is 1.82. The second kappa shape index (κ2) is 13.9. The molecule has 4 atom stereocenters. The summed E-state index contributed by atoms with van der Waals surface area (Å²) in [6, 6.07) is 9.45. The Morgan fingerprint density at radius 1 is 1.18 bits per heavy atom. The van der Waals surface area contributed by atoms with Gasteiger partial charge in [-0.15, -0.1) is 6.58 Å². The lowest BCUT2D eigenvalue weighted by atomic mass is 9.89. The summed E-state index contributed by atoms with van der Waals surface area (Å²) in [6.45, 7) is 3.58. The molecule has 1 aliphatic carbocycles. The number of aliphatic hydroxyl groups excluding tert-OH is 1. The summed E-state index contributed by atoms with van der Waals surface area (Å²) < 4.78 is 24.1. The first-order valence-electron chi connectivity index (χ1n) is 12.3. The SMILES string of the molecule is C=CCNC(=O)O[C@@H]1CC(C(=O)N[C@@H](Cc2ccc(OC)cc2)C(N)=O)=C[C@@H](NC(=O)c2cccc(F)c2)[C@H]1O. The van der Waals surface area contributed by atoms with Gasteiger partial charge in [-0.2, -0.15) is 0 Å². The molecule has 0 aliphatic heterocycles. The minimum atomic E-state index is -1.45. The van der Waals surface area contributed by atoms with Crippen LogP contribution in [0, 0.1) is 5.82 Å². The molecule has 6 N–H and O–H groups in total. The molecule has 0 heterocycles. The third-order valence-electron chi connectivity index (χ3n) is 6.12. The Bertz CT molecular complexity index is 1280. The zero-order valence-electron chi connectivity index (χ0n) is 21.8. The van der Waals surface area contributed by atoms with Crippen LogP contribution in [0.3, 0.4) is 0 Å². The molecular weight excluding hydrogens is 523 g/mol. The van der Waals surface area contributed by atoms with Gasteiger partial charge in [0.2, 0.25) is 11.8 Å². The maximum atomic E-state index is 13.6. The van der Waals surface area contributed by atoms with Crippen molar-refractivity contribution in [1.29, 1.82) is 0 Å². The van der Waals surface area contributed by atoms with Gasteiger partial charge < -0.3 is 36.3 Å². The number of benzene rings is 2. The van der Waals surface area contributed by atoms with Crippen molar-refractivity contribution in [3.8, 4) is 5.75 Å². The number of aliphatic hydroxyl groups is 1. The monoisotopic (exact) mass is 554 g/mol. The number of rotatable bonds is 11. The van der Waals surface area contributed by atoms with Gasteiger partial charge in [-0.05, 0) is 35.9 Å². The number of nitrogens with two attached hydrogens (primary N) is 1. The highest BCUT2D eigenvalue weighted by molar-refractivity contribution is 5.98. The first-order chi connectivity index (χ1) is 19.1. The number of primary amides is 1. The predicted molar refractivity (Wildman–Crippen MR) is 143 cm³/mol. The summed E-state index contributed by atoms with van der Waals surface area (Å²) >= 11 is 0. The maximum absolute atomic E-state index is 13.6. The van der Waals surface area contributed by atoms with Crippen molar-refractivity contribution in [2.45, 2.75) is 37.1 Å². The Labute approximate surface area is 230 Å². The Morgan fingerprint density at radius 2 is 1.90 bits per heavy atom. The molecule has 3 rings (SSSR count). The molecule has 0 saturated carbocycles. The minimum absolute atomic E-state index is 0.0216. The number of carbonyl (C=O) groups excluding carboxylic acids is 4. The van der Waals surface area contributed by atoms with Gasteiger partial charge in [0.1, 0.15) is 29.8 Å². The second-order valence-corrected chi connectivity index (χ2v) is 8.99. The van der Waals surface area contributed by atoms with Gasteiger partial charge in [0.15, 0.2) is 0 Å². The van der Waals surface area contributed by atoms with Crippen molar-refractivity contribution in [1.82, 2.24) is 16.0 Å². The summed E-state index contributed by atoms with van der Waals surface area (Å²) in [5, 5.41) is 18.4. The molecule has 4 amide bonds. The number of methoxy groups -OCH3 is 1. The topological polar surface area (TPSA) is 169 Å². The van der Waals surface area contributed by atoms with Crippen molar-refractivity contribution >= 4 is 23.8 Å². The molecule has 0 saturated heterocycles. The lowest BCUT2D eigenvalue weighted by Gasteiger charge is -2.33. The van der Waals surface area contributed by atoms with Crippen LogP contribution in [-0.4, -0.2) is 66.9 Å². The molecule has 0 unspecified atom stereocenters. The lowest BCUT2D eigenvalue weighted by Crippen LogP contribution is -2.53.